The predicted molar refractivity (Wildman–Crippen MR) is 185 cm³/mol. The number of unbranched alkanes of at least 4 members (excludes halogenated alkanes) is 4. The Balaban J connectivity index is 1.47. The van der Waals surface area contributed by atoms with Crippen LogP contribution >= 0.6 is 0 Å². The van der Waals surface area contributed by atoms with Gasteiger partial charge in [0.2, 0.25) is 0 Å². The van der Waals surface area contributed by atoms with Crippen molar-refractivity contribution in [1.29, 1.82) is 0 Å². The molecule has 0 aromatic heterocycles. The minimum absolute atomic E-state index is 0.0263. The minimum atomic E-state index is -0.865. The highest BCUT2D eigenvalue weighted by molar-refractivity contribution is 6.05. The van der Waals surface area contributed by atoms with Crippen molar-refractivity contribution in [3.05, 3.63) is 125 Å². The van der Waals surface area contributed by atoms with Gasteiger partial charge in [0.1, 0.15) is 17.6 Å². The molecule has 4 rings (SSSR count). The lowest BCUT2D eigenvalue weighted by Crippen LogP contribution is -2.13. The molecule has 1 amide bonds. The molecule has 242 valence electrons. The molecule has 0 radical (unpaired) electrons. The van der Waals surface area contributed by atoms with Crippen LogP contribution in [0.2, 0.25) is 0 Å². The predicted octanol–water partition coefficient (Wildman–Crippen LogP) is 9.82. The molecule has 6 nitrogen and oxygen atoms in total. The number of carbonyl (C=O) groups is 2. The zero-order chi connectivity index (χ0) is 32.6. The van der Waals surface area contributed by atoms with E-state index < -0.39 is 5.97 Å². The summed E-state index contributed by atoms with van der Waals surface area (Å²) in [5.41, 5.74) is 5.85. The van der Waals surface area contributed by atoms with Crippen molar-refractivity contribution in [2.24, 2.45) is 0 Å². The molecule has 0 bridgehead atoms. The van der Waals surface area contributed by atoms with Crippen molar-refractivity contribution in [3.63, 3.8) is 0 Å². The summed E-state index contributed by atoms with van der Waals surface area (Å²) < 4.78 is 12.4. The maximum absolute atomic E-state index is 13.1. The molecular weight excluding hydrogens is 574 g/mol. The Hall–Kier alpha value is -4.58. The molecule has 0 heterocycles. The van der Waals surface area contributed by atoms with E-state index in [1.54, 1.807) is 24.3 Å². The van der Waals surface area contributed by atoms with Crippen LogP contribution in [-0.2, 0) is 17.6 Å². The quantitative estimate of drug-likeness (QED) is 0.102. The van der Waals surface area contributed by atoms with E-state index >= 15 is 0 Å². The fourth-order valence-electron chi connectivity index (χ4n) is 5.32. The highest BCUT2D eigenvalue weighted by Gasteiger charge is 2.18. The Morgan fingerprint density at radius 2 is 1.26 bits per heavy atom. The monoisotopic (exact) mass is 621 g/mol. The van der Waals surface area contributed by atoms with Crippen molar-refractivity contribution >= 4 is 17.6 Å². The van der Waals surface area contributed by atoms with Crippen molar-refractivity contribution in [3.8, 4) is 11.5 Å². The lowest BCUT2D eigenvalue weighted by molar-refractivity contribution is -0.137. The Morgan fingerprint density at radius 1 is 0.696 bits per heavy atom. The van der Waals surface area contributed by atoms with E-state index in [4.69, 9.17) is 14.6 Å². The van der Waals surface area contributed by atoms with E-state index in [0.29, 0.717) is 29.2 Å². The number of ether oxygens (including phenoxy) is 2. The van der Waals surface area contributed by atoms with Gasteiger partial charge in [-0.25, -0.2) is 0 Å². The number of aliphatic carboxylic acids is 1. The van der Waals surface area contributed by atoms with Crippen LogP contribution < -0.4 is 14.8 Å². The Labute approximate surface area is 273 Å². The number of amides is 1. The molecule has 0 spiro atoms. The van der Waals surface area contributed by atoms with E-state index in [1.807, 2.05) is 24.3 Å². The zero-order valence-electron chi connectivity index (χ0n) is 27.2. The van der Waals surface area contributed by atoms with Crippen molar-refractivity contribution in [2.45, 2.75) is 84.2 Å². The summed E-state index contributed by atoms with van der Waals surface area (Å²) in [6.45, 7) is 4.70. The SMILES string of the molecule is CCCCCc1ccc(C(Oc2ccc(C(=O)Nc3ccccc3OCCCC(=O)O)cc2)c2ccc(CCCCC)cc2)cc1. The van der Waals surface area contributed by atoms with Crippen LogP contribution in [0.3, 0.4) is 0 Å². The maximum Gasteiger partial charge on any atom is 0.303 e. The summed E-state index contributed by atoms with van der Waals surface area (Å²) >= 11 is 0. The highest BCUT2D eigenvalue weighted by Crippen LogP contribution is 2.30. The number of nitrogens with one attached hydrogen (secondary N) is 1. The molecule has 0 aliphatic heterocycles. The van der Waals surface area contributed by atoms with Gasteiger partial charge in [0, 0.05) is 12.0 Å². The third-order valence-electron chi connectivity index (χ3n) is 8.00. The Kier molecular flexibility index (Phi) is 13.7. The molecule has 0 saturated heterocycles. The minimum Gasteiger partial charge on any atom is -0.491 e. The Morgan fingerprint density at radius 3 is 1.80 bits per heavy atom. The number of hydrogen-bond acceptors (Lipinski definition) is 4. The lowest BCUT2D eigenvalue weighted by atomic mass is 9.97. The van der Waals surface area contributed by atoms with Crippen molar-refractivity contribution in [2.75, 3.05) is 11.9 Å². The maximum atomic E-state index is 13.1. The number of rotatable bonds is 19. The second-order valence-corrected chi connectivity index (χ2v) is 11.7. The third kappa shape index (κ3) is 10.8. The van der Waals surface area contributed by atoms with E-state index in [-0.39, 0.29) is 25.0 Å². The van der Waals surface area contributed by atoms with Gasteiger partial charge in [-0.05, 0) is 90.8 Å². The molecule has 2 N–H and O–H groups in total. The summed E-state index contributed by atoms with van der Waals surface area (Å²) in [6.07, 6.45) is 9.56. The first-order valence-corrected chi connectivity index (χ1v) is 16.7. The fourth-order valence-corrected chi connectivity index (χ4v) is 5.32. The average molecular weight is 622 g/mol. The molecule has 6 heteroatoms. The van der Waals surface area contributed by atoms with E-state index in [2.05, 4.69) is 67.7 Å². The van der Waals surface area contributed by atoms with Crippen LogP contribution in [0.25, 0.3) is 0 Å². The zero-order valence-corrected chi connectivity index (χ0v) is 27.2. The molecule has 0 atom stereocenters. The first-order valence-electron chi connectivity index (χ1n) is 16.7. The third-order valence-corrected chi connectivity index (χ3v) is 8.00. The summed E-state index contributed by atoms with van der Waals surface area (Å²) in [5.74, 6) is 0.0249. The molecular formula is C40H47NO5. The Bertz CT molecular complexity index is 1440. The summed E-state index contributed by atoms with van der Waals surface area (Å²) in [7, 11) is 0. The van der Waals surface area contributed by atoms with Crippen LogP contribution in [-0.4, -0.2) is 23.6 Å². The molecule has 4 aromatic carbocycles. The van der Waals surface area contributed by atoms with Gasteiger partial charge >= 0.3 is 5.97 Å². The second kappa shape index (κ2) is 18.4. The smallest absolute Gasteiger partial charge is 0.303 e. The fraction of sp³-hybridized carbons (Fsp3) is 0.350. The van der Waals surface area contributed by atoms with Gasteiger partial charge in [0.25, 0.3) is 5.91 Å². The molecule has 0 aliphatic rings. The van der Waals surface area contributed by atoms with Gasteiger partial charge < -0.3 is 19.9 Å². The average Bonchev–Trinajstić information content (AvgIpc) is 3.07. The van der Waals surface area contributed by atoms with Gasteiger partial charge in [-0.15, -0.1) is 0 Å². The van der Waals surface area contributed by atoms with Crippen molar-refractivity contribution < 1.29 is 24.2 Å². The van der Waals surface area contributed by atoms with Gasteiger partial charge in [-0.1, -0.05) is 100 Å². The molecule has 0 saturated carbocycles. The van der Waals surface area contributed by atoms with Crippen LogP contribution in [0.4, 0.5) is 5.69 Å². The number of carbonyl (C=O) groups excluding carboxylic acids is 1. The topological polar surface area (TPSA) is 84.9 Å². The molecule has 46 heavy (non-hydrogen) atoms. The molecule has 0 unspecified atom stereocenters. The number of aryl methyl sites for hydroxylation is 2. The van der Waals surface area contributed by atoms with E-state index in [9.17, 15) is 9.59 Å². The van der Waals surface area contributed by atoms with E-state index in [1.165, 1.54) is 49.7 Å². The number of benzene rings is 4. The van der Waals surface area contributed by atoms with Crippen LogP contribution in [0.5, 0.6) is 11.5 Å². The lowest BCUT2D eigenvalue weighted by Gasteiger charge is -2.21. The summed E-state index contributed by atoms with van der Waals surface area (Å²) in [6, 6.07) is 31.8. The number of carboxylic acids is 1. The number of carboxylic acid groups (broad SMARTS) is 1. The van der Waals surface area contributed by atoms with Gasteiger partial charge in [-0.3, -0.25) is 9.59 Å². The first kappa shape index (κ1) is 34.3. The van der Waals surface area contributed by atoms with Crippen molar-refractivity contribution in [1.82, 2.24) is 0 Å². The van der Waals surface area contributed by atoms with Crippen LogP contribution in [0, 0.1) is 0 Å². The highest BCUT2D eigenvalue weighted by atomic mass is 16.5. The van der Waals surface area contributed by atoms with Crippen LogP contribution in [0.15, 0.2) is 97.1 Å². The van der Waals surface area contributed by atoms with Crippen LogP contribution in [0.1, 0.15) is 104 Å². The summed E-state index contributed by atoms with van der Waals surface area (Å²) in [5, 5.41) is 11.8. The number of anilines is 1. The number of hydrogen-bond donors (Lipinski definition) is 2. The molecule has 0 aliphatic carbocycles. The van der Waals surface area contributed by atoms with Gasteiger partial charge in [-0.2, -0.15) is 0 Å². The molecule has 0 fully saturated rings. The summed E-state index contributed by atoms with van der Waals surface area (Å²) in [4.78, 5) is 23.9. The normalized spacial score (nSPS) is 10.9. The second-order valence-electron chi connectivity index (χ2n) is 11.7. The van der Waals surface area contributed by atoms with E-state index in [0.717, 1.165) is 24.0 Å². The largest absolute Gasteiger partial charge is 0.491 e. The standard InChI is InChI=1S/C40H47NO5/c1-3-5-7-12-30-17-21-32(22-18-30)39(33-23-19-31(20-24-33)13-8-6-4-2)46-35-27-25-34(26-28-35)40(44)41-36-14-9-10-15-37(36)45-29-11-16-38(42)43/h9-10,14-15,17-28,39H,3-8,11-13,16,29H2,1-2H3,(H,41,44)(H,42,43). The first-order chi connectivity index (χ1) is 22.5. The number of para-hydroxylation sites is 2. The molecule has 4 aromatic rings. The van der Waals surface area contributed by atoms with Gasteiger partial charge in [0.05, 0.1) is 12.3 Å². The van der Waals surface area contributed by atoms with Gasteiger partial charge in [0.15, 0.2) is 0 Å².